The zero-order valence-corrected chi connectivity index (χ0v) is 8.77. The topological polar surface area (TPSA) is 41.6 Å². The van der Waals surface area contributed by atoms with Crippen molar-refractivity contribution in [2.75, 3.05) is 20.6 Å². The summed E-state index contributed by atoms with van der Waals surface area (Å²) >= 11 is 0. The van der Waals surface area contributed by atoms with Gasteiger partial charge in [-0.25, -0.2) is 0 Å². The standard InChI is InChI=1S/C11H17N3/c1-14(2)9-11(12)13-8-10-6-4-3-5-7-10/h3-7H,8-9H2,1-2H3,(H2,12,13). The van der Waals surface area contributed by atoms with Crippen LogP contribution in [0.25, 0.3) is 0 Å². The highest BCUT2D eigenvalue weighted by Crippen LogP contribution is 1.99. The molecule has 14 heavy (non-hydrogen) atoms. The molecule has 3 heteroatoms. The zero-order chi connectivity index (χ0) is 10.4. The number of hydrogen-bond donors (Lipinski definition) is 1. The SMILES string of the molecule is CN(C)CC(N)=NCc1ccccc1. The average Bonchev–Trinajstić information content (AvgIpc) is 2.15. The molecule has 0 spiro atoms. The van der Waals surface area contributed by atoms with Gasteiger partial charge < -0.3 is 10.6 Å². The number of rotatable bonds is 4. The minimum atomic E-state index is 0.667. The third-order valence-electron chi connectivity index (χ3n) is 1.79. The van der Waals surface area contributed by atoms with Gasteiger partial charge in [-0.2, -0.15) is 0 Å². The Morgan fingerprint density at radius 3 is 2.50 bits per heavy atom. The summed E-state index contributed by atoms with van der Waals surface area (Å²) < 4.78 is 0. The predicted octanol–water partition coefficient (Wildman–Crippen LogP) is 1.11. The van der Waals surface area contributed by atoms with Crippen molar-refractivity contribution in [3.05, 3.63) is 35.9 Å². The molecular formula is C11H17N3. The molecule has 0 bridgehead atoms. The Balaban J connectivity index is 2.47. The van der Waals surface area contributed by atoms with Gasteiger partial charge >= 0.3 is 0 Å². The Morgan fingerprint density at radius 1 is 1.29 bits per heavy atom. The van der Waals surface area contributed by atoms with Gasteiger partial charge in [-0.3, -0.25) is 4.99 Å². The van der Waals surface area contributed by atoms with Gasteiger partial charge in [-0.1, -0.05) is 30.3 Å². The molecular weight excluding hydrogens is 174 g/mol. The minimum absolute atomic E-state index is 0.667. The van der Waals surface area contributed by atoms with Gasteiger partial charge in [-0.05, 0) is 19.7 Å². The van der Waals surface area contributed by atoms with E-state index in [2.05, 4.69) is 4.99 Å². The lowest BCUT2D eigenvalue weighted by Gasteiger charge is -2.08. The first kappa shape index (κ1) is 10.7. The van der Waals surface area contributed by atoms with Crippen molar-refractivity contribution in [1.29, 1.82) is 0 Å². The van der Waals surface area contributed by atoms with E-state index < -0.39 is 0 Å². The lowest BCUT2D eigenvalue weighted by molar-refractivity contribution is 0.467. The largest absolute Gasteiger partial charge is 0.386 e. The molecule has 2 N–H and O–H groups in total. The van der Waals surface area contributed by atoms with Crippen molar-refractivity contribution < 1.29 is 0 Å². The van der Waals surface area contributed by atoms with Gasteiger partial charge in [0.15, 0.2) is 0 Å². The van der Waals surface area contributed by atoms with Crippen molar-refractivity contribution in [3.8, 4) is 0 Å². The first-order valence-corrected chi connectivity index (χ1v) is 4.66. The van der Waals surface area contributed by atoms with Crippen LogP contribution in [0.15, 0.2) is 35.3 Å². The van der Waals surface area contributed by atoms with Crippen LogP contribution < -0.4 is 5.73 Å². The minimum Gasteiger partial charge on any atom is -0.386 e. The Morgan fingerprint density at radius 2 is 1.93 bits per heavy atom. The second kappa shape index (κ2) is 5.40. The van der Waals surface area contributed by atoms with Gasteiger partial charge in [0.1, 0.15) is 5.84 Å². The highest BCUT2D eigenvalue weighted by molar-refractivity contribution is 5.82. The zero-order valence-electron chi connectivity index (χ0n) is 8.77. The van der Waals surface area contributed by atoms with Crippen LogP contribution >= 0.6 is 0 Å². The summed E-state index contributed by atoms with van der Waals surface area (Å²) in [6.07, 6.45) is 0. The third-order valence-corrected chi connectivity index (χ3v) is 1.79. The molecule has 0 atom stereocenters. The van der Waals surface area contributed by atoms with Crippen LogP contribution in [0, 0.1) is 0 Å². The molecule has 0 amide bonds. The van der Waals surface area contributed by atoms with E-state index in [0.29, 0.717) is 18.9 Å². The Bertz CT molecular complexity index is 291. The molecule has 0 unspecified atom stereocenters. The fourth-order valence-electron chi connectivity index (χ4n) is 1.15. The lowest BCUT2D eigenvalue weighted by Crippen LogP contribution is -2.28. The van der Waals surface area contributed by atoms with E-state index in [1.165, 1.54) is 5.56 Å². The molecule has 0 aliphatic heterocycles. The molecule has 76 valence electrons. The maximum atomic E-state index is 5.73. The normalized spacial score (nSPS) is 12.1. The summed E-state index contributed by atoms with van der Waals surface area (Å²) in [4.78, 5) is 6.29. The van der Waals surface area contributed by atoms with E-state index in [4.69, 9.17) is 5.73 Å². The van der Waals surface area contributed by atoms with Crippen LogP contribution in [0.3, 0.4) is 0 Å². The fraction of sp³-hybridized carbons (Fsp3) is 0.364. The first-order chi connectivity index (χ1) is 6.68. The van der Waals surface area contributed by atoms with Gasteiger partial charge in [0, 0.05) is 0 Å². The van der Waals surface area contributed by atoms with Crippen molar-refractivity contribution >= 4 is 5.84 Å². The first-order valence-electron chi connectivity index (χ1n) is 4.66. The maximum absolute atomic E-state index is 5.73. The Hall–Kier alpha value is -1.35. The summed E-state index contributed by atoms with van der Waals surface area (Å²) in [6, 6.07) is 10.1. The number of likely N-dealkylation sites (N-methyl/N-ethyl adjacent to an activating group) is 1. The van der Waals surface area contributed by atoms with Crippen molar-refractivity contribution in [3.63, 3.8) is 0 Å². The third kappa shape index (κ3) is 4.05. The van der Waals surface area contributed by atoms with E-state index in [0.717, 1.165) is 0 Å². The van der Waals surface area contributed by atoms with Crippen molar-refractivity contribution in [1.82, 2.24) is 4.90 Å². The molecule has 0 fully saturated rings. The molecule has 0 heterocycles. The monoisotopic (exact) mass is 191 g/mol. The summed E-state index contributed by atoms with van der Waals surface area (Å²) in [5, 5.41) is 0. The smallest absolute Gasteiger partial charge is 0.108 e. The van der Waals surface area contributed by atoms with E-state index >= 15 is 0 Å². The van der Waals surface area contributed by atoms with Crippen molar-refractivity contribution in [2.24, 2.45) is 10.7 Å². The number of aliphatic imine (C=N–C) groups is 1. The quantitative estimate of drug-likeness (QED) is 0.572. The molecule has 0 aliphatic carbocycles. The van der Waals surface area contributed by atoms with E-state index in [1.807, 2.05) is 49.3 Å². The van der Waals surface area contributed by atoms with Crippen LogP contribution in [0.4, 0.5) is 0 Å². The molecule has 0 saturated heterocycles. The summed E-state index contributed by atoms with van der Waals surface area (Å²) in [5.74, 6) is 0.679. The highest BCUT2D eigenvalue weighted by atomic mass is 15.1. The molecule has 1 rings (SSSR count). The molecule has 1 aromatic rings. The van der Waals surface area contributed by atoms with E-state index in [-0.39, 0.29) is 0 Å². The van der Waals surface area contributed by atoms with Gasteiger partial charge in [-0.15, -0.1) is 0 Å². The van der Waals surface area contributed by atoms with E-state index in [9.17, 15) is 0 Å². The maximum Gasteiger partial charge on any atom is 0.108 e. The van der Waals surface area contributed by atoms with Gasteiger partial charge in [0.05, 0.1) is 13.1 Å². The lowest BCUT2D eigenvalue weighted by atomic mass is 10.2. The Kier molecular flexibility index (Phi) is 4.13. The summed E-state index contributed by atoms with van der Waals surface area (Å²) in [5.41, 5.74) is 6.92. The fourth-order valence-corrected chi connectivity index (χ4v) is 1.15. The molecule has 0 radical (unpaired) electrons. The number of hydrogen-bond acceptors (Lipinski definition) is 2. The second-order valence-corrected chi connectivity index (χ2v) is 3.53. The molecule has 1 aromatic carbocycles. The van der Waals surface area contributed by atoms with Crippen LogP contribution in [-0.2, 0) is 6.54 Å². The predicted molar refractivity (Wildman–Crippen MR) is 60.3 cm³/mol. The average molecular weight is 191 g/mol. The summed E-state index contributed by atoms with van der Waals surface area (Å²) in [7, 11) is 3.95. The number of benzene rings is 1. The molecule has 0 aliphatic rings. The highest BCUT2D eigenvalue weighted by Gasteiger charge is 1.94. The van der Waals surface area contributed by atoms with Gasteiger partial charge in [0.25, 0.3) is 0 Å². The molecule has 0 saturated carbocycles. The van der Waals surface area contributed by atoms with Crippen LogP contribution in [0.2, 0.25) is 0 Å². The molecule has 0 aromatic heterocycles. The molecule has 3 nitrogen and oxygen atoms in total. The number of amidine groups is 1. The number of nitrogens with two attached hydrogens (primary N) is 1. The van der Waals surface area contributed by atoms with Gasteiger partial charge in [0.2, 0.25) is 0 Å². The number of nitrogens with zero attached hydrogens (tertiary/aromatic N) is 2. The van der Waals surface area contributed by atoms with Crippen LogP contribution in [0.5, 0.6) is 0 Å². The Labute approximate surface area is 85.3 Å². The van der Waals surface area contributed by atoms with Crippen molar-refractivity contribution in [2.45, 2.75) is 6.54 Å². The van der Waals surface area contributed by atoms with Crippen LogP contribution in [-0.4, -0.2) is 31.4 Å². The second-order valence-electron chi connectivity index (χ2n) is 3.53. The summed E-state index contributed by atoms with van der Waals surface area (Å²) in [6.45, 7) is 1.38. The van der Waals surface area contributed by atoms with E-state index in [1.54, 1.807) is 0 Å². The van der Waals surface area contributed by atoms with Crippen LogP contribution in [0.1, 0.15) is 5.56 Å².